The van der Waals surface area contributed by atoms with Gasteiger partial charge in [0.05, 0.1) is 24.6 Å². The summed E-state index contributed by atoms with van der Waals surface area (Å²) in [6.07, 6.45) is 0.371. The fourth-order valence-corrected chi connectivity index (χ4v) is 3.96. The van der Waals surface area contributed by atoms with E-state index in [1.165, 1.54) is 11.1 Å². The Labute approximate surface area is 193 Å². The molecule has 1 amide bonds. The van der Waals surface area contributed by atoms with Crippen LogP contribution in [-0.2, 0) is 4.79 Å². The molecule has 4 rings (SSSR count). The highest BCUT2D eigenvalue weighted by Gasteiger charge is 2.35. The summed E-state index contributed by atoms with van der Waals surface area (Å²) in [7, 11) is 1.56. The molecule has 0 fully saturated rings. The zero-order valence-electron chi connectivity index (χ0n) is 17.9. The number of aromatic nitrogens is 2. The first kappa shape index (κ1) is 22.3. The molecule has 2 N–H and O–H groups in total. The smallest absolute Gasteiger partial charge is 0.335 e. The number of hydrazone groups is 1. The van der Waals surface area contributed by atoms with Crippen LogP contribution in [0.1, 0.15) is 36.9 Å². The number of carbonyl (C=O) groups excluding carboxylic acids is 1. The highest BCUT2D eigenvalue weighted by molar-refractivity contribution is 6.30. The summed E-state index contributed by atoms with van der Waals surface area (Å²) >= 11 is 6.03. The molecule has 170 valence electrons. The Bertz CT molecular complexity index is 1360. The van der Waals surface area contributed by atoms with E-state index < -0.39 is 23.2 Å². The number of halogens is 1. The molecule has 0 bridgehead atoms. The fourth-order valence-electron chi connectivity index (χ4n) is 3.78. The van der Waals surface area contributed by atoms with Gasteiger partial charge in [0, 0.05) is 17.9 Å². The van der Waals surface area contributed by atoms with E-state index in [0.717, 1.165) is 10.1 Å². The zero-order valence-corrected chi connectivity index (χ0v) is 18.7. The molecule has 0 saturated carbocycles. The average molecular weight is 469 g/mol. The van der Waals surface area contributed by atoms with Gasteiger partial charge in [0.25, 0.3) is 5.56 Å². The van der Waals surface area contributed by atoms with Gasteiger partial charge < -0.3 is 9.84 Å². The number of hydrogen-bond acceptors (Lipinski definition) is 6. The van der Waals surface area contributed by atoms with Gasteiger partial charge in [-0.3, -0.25) is 14.6 Å². The summed E-state index contributed by atoms with van der Waals surface area (Å²) in [4.78, 5) is 40.1. The predicted octanol–water partition coefficient (Wildman–Crippen LogP) is 2.98. The van der Waals surface area contributed by atoms with E-state index in [0.29, 0.717) is 10.8 Å². The number of nitrogens with zero attached hydrogens (tertiary/aromatic N) is 3. The van der Waals surface area contributed by atoms with Gasteiger partial charge in [-0.25, -0.2) is 14.4 Å². The fraction of sp³-hybridized carbons (Fsp3) is 0.217. The molecule has 0 spiro atoms. The molecule has 3 aromatic rings. The minimum Gasteiger partial charge on any atom is -0.497 e. The topological polar surface area (TPSA) is 117 Å². The van der Waals surface area contributed by atoms with Crippen LogP contribution in [0.15, 0.2) is 63.2 Å². The predicted molar refractivity (Wildman–Crippen MR) is 123 cm³/mol. The summed E-state index contributed by atoms with van der Waals surface area (Å²) < 4.78 is 6.14. The van der Waals surface area contributed by atoms with Crippen molar-refractivity contribution in [1.82, 2.24) is 14.6 Å². The number of ether oxygens (including phenoxy) is 1. The van der Waals surface area contributed by atoms with Gasteiger partial charge in [-0.1, -0.05) is 36.7 Å². The van der Waals surface area contributed by atoms with Crippen molar-refractivity contribution < 1.29 is 14.6 Å². The van der Waals surface area contributed by atoms with Gasteiger partial charge in [-0.05, 0) is 35.9 Å². The molecular formula is C23H21ClN4O5. The molecule has 2 aromatic carbocycles. The van der Waals surface area contributed by atoms with E-state index in [4.69, 9.17) is 16.3 Å². The quantitative estimate of drug-likeness (QED) is 0.597. The van der Waals surface area contributed by atoms with E-state index in [9.17, 15) is 19.5 Å². The first-order valence-corrected chi connectivity index (χ1v) is 10.6. The molecule has 0 unspecified atom stereocenters. The lowest BCUT2D eigenvalue weighted by molar-refractivity contribution is -0.132. The summed E-state index contributed by atoms with van der Waals surface area (Å²) in [5.74, 6) is -0.164. The molecule has 1 aliphatic rings. The Kier molecular flexibility index (Phi) is 6.06. The van der Waals surface area contributed by atoms with Crippen LogP contribution in [0.4, 0.5) is 0 Å². The maximum Gasteiger partial charge on any atom is 0.335 e. The third kappa shape index (κ3) is 4.14. The van der Waals surface area contributed by atoms with E-state index in [1.807, 2.05) is 12.1 Å². The third-order valence-corrected chi connectivity index (χ3v) is 5.65. The first-order chi connectivity index (χ1) is 15.8. The minimum absolute atomic E-state index is 0.169. The molecule has 0 saturated heterocycles. The van der Waals surface area contributed by atoms with Crippen LogP contribution in [0.25, 0.3) is 5.69 Å². The van der Waals surface area contributed by atoms with Crippen molar-refractivity contribution in [3.05, 3.63) is 85.5 Å². The number of aromatic amines is 1. The normalized spacial score (nSPS) is 15.4. The molecule has 0 aliphatic carbocycles. The summed E-state index contributed by atoms with van der Waals surface area (Å²) in [6.45, 7) is 1.71. The van der Waals surface area contributed by atoms with E-state index >= 15 is 0 Å². The Morgan fingerprint density at radius 1 is 1.24 bits per heavy atom. The van der Waals surface area contributed by atoms with Crippen LogP contribution in [0.2, 0.25) is 5.02 Å². The van der Waals surface area contributed by atoms with Gasteiger partial charge in [0.2, 0.25) is 11.8 Å². The second-order valence-electron chi connectivity index (χ2n) is 7.40. The van der Waals surface area contributed by atoms with Crippen LogP contribution in [0, 0.1) is 0 Å². The number of methoxy groups -OCH3 is 1. The van der Waals surface area contributed by atoms with Gasteiger partial charge in [-0.2, -0.15) is 5.10 Å². The monoisotopic (exact) mass is 468 g/mol. The second-order valence-corrected chi connectivity index (χ2v) is 7.84. The lowest BCUT2D eigenvalue weighted by Gasteiger charge is -2.21. The van der Waals surface area contributed by atoms with E-state index in [2.05, 4.69) is 10.1 Å². The van der Waals surface area contributed by atoms with Crippen LogP contribution in [0.5, 0.6) is 11.6 Å². The molecule has 2 heterocycles. The number of nitrogens with one attached hydrogen (secondary N) is 1. The van der Waals surface area contributed by atoms with Gasteiger partial charge in [-0.15, -0.1) is 0 Å². The lowest BCUT2D eigenvalue weighted by Crippen LogP contribution is -2.33. The molecule has 9 nitrogen and oxygen atoms in total. The highest BCUT2D eigenvalue weighted by Crippen LogP contribution is 2.35. The molecule has 1 aromatic heterocycles. The Morgan fingerprint density at radius 2 is 1.97 bits per heavy atom. The Balaban J connectivity index is 1.82. The van der Waals surface area contributed by atoms with Gasteiger partial charge in [0.1, 0.15) is 11.3 Å². The number of hydrogen-bond donors (Lipinski definition) is 2. The van der Waals surface area contributed by atoms with Crippen LogP contribution in [0.3, 0.4) is 0 Å². The molecule has 1 aliphatic heterocycles. The molecule has 0 radical (unpaired) electrons. The van der Waals surface area contributed by atoms with Gasteiger partial charge >= 0.3 is 5.69 Å². The summed E-state index contributed by atoms with van der Waals surface area (Å²) in [6, 6.07) is 13.0. The van der Waals surface area contributed by atoms with Crippen molar-refractivity contribution in [1.29, 1.82) is 0 Å². The summed E-state index contributed by atoms with van der Waals surface area (Å²) in [5.41, 5.74) is -0.555. The van der Waals surface area contributed by atoms with E-state index in [-0.39, 0.29) is 35.7 Å². The SMILES string of the molecule is CCC(=O)N1N=C(c2c(O)n(-c3cccc(Cl)c3)c(=O)[nH]c2=O)C[C@H]1c1ccc(OC)cc1. The largest absolute Gasteiger partial charge is 0.497 e. The molecule has 33 heavy (non-hydrogen) atoms. The third-order valence-electron chi connectivity index (χ3n) is 5.41. The van der Waals surface area contributed by atoms with Crippen LogP contribution in [-0.4, -0.2) is 38.4 Å². The first-order valence-electron chi connectivity index (χ1n) is 10.2. The van der Waals surface area contributed by atoms with Crippen molar-refractivity contribution in [3.8, 4) is 17.3 Å². The van der Waals surface area contributed by atoms with Crippen molar-refractivity contribution in [3.63, 3.8) is 0 Å². The Hall–Kier alpha value is -3.85. The van der Waals surface area contributed by atoms with Crippen molar-refractivity contribution in [2.45, 2.75) is 25.8 Å². The number of H-pyrrole nitrogens is 1. The van der Waals surface area contributed by atoms with Crippen molar-refractivity contribution >= 4 is 23.2 Å². The van der Waals surface area contributed by atoms with Crippen LogP contribution < -0.4 is 16.0 Å². The maximum absolute atomic E-state index is 12.7. The minimum atomic E-state index is -0.824. The summed E-state index contributed by atoms with van der Waals surface area (Å²) in [5, 5.41) is 17.0. The molecule has 10 heteroatoms. The lowest BCUT2D eigenvalue weighted by atomic mass is 9.99. The second kappa shape index (κ2) is 8.95. The standard InChI is InChI=1S/C23H21ClN4O5/c1-3-19(29)28-18(13-7-9-16(33-2)10-8-13)12-17(26-28)20-21(30)25-23(32)27(22(20)31)15-6-4-5-14(24)11-15/h4-11,18,31H,3,12H2,1-2H3,(H,25,30,32)/t18-/m0/s1. The van der Waals surface area contributed by atoms with Crippen molar-refractivity contribution in [2.75, 3.05) is 7.11 Å². The zero-order chi connectivity index (χ0) is 23.7. The average Bonchev–Trinajstić information content (AvgIpc) is 3.23. The Morgan fingerprint density at radius 3 is 2.61 bits per heavy atom. The number of rotatable bonds is 5. The van der Waals surface area contributed by atoms with Gasteiger partial charge in [0.15, 0.2) is 0 Å². The van der Waals surface area contributed by atoms with E-state index in [1.54, 1.807) is 44.4 Å². The number of benzene rings is 2. The highest BCUT2D eigenvalue weighted by atomic mass is 35.5. The van der Waals surface area contributed by atoms with Crippen LogP contribution >= 0.6 is 11.6 Å². The molecule has 1 atom stereocenters. The number of carbonyl (C=O) groups is 1. The number of aromatic hydroxyl groups is 1. The number of amides is 1. The molecular weight excluding hydrogens is 448 g/mol. The maximum atomic E-state index is 12.7. The van der Waals surface area contributed by atoms with Crippen molar-refractivity contribution in [2.24, 2.45) is 5.10 Å².